The molecule has 8 nitrogen and oxygen atoms in total. The van der Waals surface area contributed by atoms with Crippen LogP contribution in [0.15, 0.2) is 58.4 Å². The van der Waals surface area contributed by atoms with Crippen molar-refractivity contribution in [3.63, 3.8) is 0 Å². The fraction of sp³-hybridized carbons (Fsp3) is 0.333. The third-order valence-electron chi connectivity index (χ3n) is 6.47. The second-order valence-electron chi connectivity index (χ2n) is 8.39. The molecule has 1 fully saturated rings. The first-order valence-corrected chi connectivity index (χ1v) is 13.6. The summed E-state index contributed by atoms with van der Waals surface area (Å²) in [5.74, 6) is 0.0365. The number of carbonyl (C=O) groups excluding carboxylic acids is 1. The van der Waals surface area contributed by atoms with Gasteiger partial charge in [-0.1, -0.05) is 29.5 Å². The van der Waals surface area contributed by atoms with Gasteiger partial charge in [-0.2, -0.15) is 4.31 Å². The molecule has 34 heavy (non-hydrogen) atoms. The summed E-state index contributed by atoms with van der Waals surface area (Å²) in [7, 11) is -3.70. The first-order chi connectivity index (χ1) is 16.4. The Balaban J connectivity index is 1.23. The quantitative estimate of drug-likeness (QED) is 0.442. The van der Waals surface area contributed by atoms with Crippen LogP contribution in [0.2, 0.25) is 0 Å². The highest BCUT2D eigenvalue weighted by molar-refractivity contribution is 7.89. The second kappa shape index (κ2) is 9.01. The molecule has 1 amide bonds. The standard InChI is InChI=1S/C24H26N4O4S2/c1-2-28-21-9-8-18(15-22(21)33-24(28)30)34(31,32)27-13-11-26(12-14-27)23(29)10-7-17-16-25-20-6-4-3-5-19(17)20/h3-6,8-9,15-16,25H,2,7,10-14H2,1H3. The van der Waals surface area contributed by atoms with Gasteiger partial charge >= 0.3 is 4.87 Å². The van der Waals surface area contributed by atoms with Crippen molar-refractivity contribution >= 4 is 48.4 Å². The van der Waals surface area contributed by atoms with Crippen LogP contribution in [0.1, 0.15) is 18.9 Å². The van der Waals surface area contributed by atoms with Crippen molar-refractivity contribution < 1.29 is 13.2 Å². The number of para-hydroxylation sites is 1. The molecule has 1 aliphatic rings. The molecule has 2 aromatic heterocycles. The lowest BCUT2D eigenvalue weighted by atomic mass is 10.1. The van der Waals surface area contributed by atoms with Crippen LogP contribution >= 0.6 is 11.3 Å². The van der Waals surface area contributed by atoms with E-state index in [1.54, 1.807) is 27.7 Å². The van der Waals surface area contributed by atoms with Crippen LogP contribution < -0.4 is 4.87 Å². The zero-order valence-electron chi connectivity index (χ0n) is 18.9. The number of aryl methyl sites for hydroxylation is 2. The van der Waals surface area contributed by atoms with E-state index in [4.69, 9.17) is 0 Å². The van der Waals surface area contributed by atoms with Gasteiger partial charge < -0.3 is 9.88 Å². The molecule has 0 radical (unpaired) electrons. The van der Waals surface area contributed by atoms with Gasteiger partial charge in [-0.05, 0) is 43.2 Å². The van der Waals surface area contributed by atoms with Crippen LogP contribution in [0.3, 0.4) is 0 Å². The number of carbonyl (C=O) groups is 1. The van der Waals surface area contributed by atoms with Crippen molar-refractivity contribution in [3.05, 3.63) is 63.9 Å². The first-order valence-electron chi connectivity index (χ1n) is 11.3. The molecule has 10 heteroatoms. The van der Waals surface area contributed by atoms with Gasteiger partial charge in [-0.15, -0.1) is 0 Å². The number of piperazine rings is 1. The normalized spacial score (nSPS) is 15.4. The number of aromatic amines is 1. The molecule has 0 spiro atoms. The Labute approximate surface area is 201 Å². The van der Waals surface area contributed by atoms with Crippen LogP contribution in [-0.4, -0.2) is 59.3 Å². The average molecular weight is 499 g/mol. The van der Waals surface area contributed by atoms with Gasteiger partial charge in [0, 0.05) is 56.2 Å². The fourth-order valence-electron chi connectivity index (χ4n) is 4.57. The minimum atomic E-state index is -3.70. The summed E-state index contributed by atoms with van der Waals surface area (Å²) in [6, 6.07) is 12.9. The van der Waals surface area contributed by atoms with Gasteiger partial charge in [-0.25, -0.2) is 8.42 Å². The third-order valence-corrected chi connectivity index (χ3v) is 9.30. The van der Waals surface area contributed by atoms with E-state index in [9.17, 15) is 18.0 Å². The minimum Gasteiger partial charge on any atom is -0.361 e. The van der Waals surface area contributed by atoms with Crippen molar-refractivity contribution in [1.29, 1.82) is 0 Å². The Morgan fingerprint density at radius 1 is 1.09 bits per heavy atom. The predicted octanol–water partition coefficient (Wildman–Crippen LogP) is 3.03. The second-order valence-corrected chi connectivity index (χ2v) is 11.3. The number of hydrogen-bond donors (Lipinski definition) is 1. The highest BCUT2D eigenvalue weighted by atomic mass is 32.2. The summed E-state index contributed by atoms with van der Waals surface area (Å²) in [6.45, 7) is 3.68. The van der Waals surface area contributed by atoms with E-state index >= 15 is 0 Å². The van der Waals surface area contributed by atoms with Crippen LogP contribution in [0.25, 0.3) is 21.1 Å². The Hall–Kier alpha value is -2.95. The SMILES string of the molecule is CCn1c(=O)sc2cc(S(=O)(=O)N3CCN(C(=O)CCc4c[nH]c5ccccc45)CC3)ccc21. The van der Waals surface area contributed by atoms with Crippen molar-refractivity contribution in [2.24, 2.45) is 0 Å². The summed E-state index contributed by atoms with van der Waals surface area (Å²) in [5.41, 5.74) is 2.92. The number of H-pyrrole nitrogens is 1. The largest absolute Gasteiger partial charge is 0.361 e. The molecule has 1 N–H and O–H groups in total. The number of rotatable bonds is 6. The summed E-state index contributed by atoms with van der Waals surface area (Å²) >= 11 is 1.06. The van der Waals surface area contributed by atoms with Crippen LogP contribution in [-0.2, 0) is 27.8 Å². The van der Waals surface area contributed by atoms with E-state index < -0.39 is 10.0 Å². The lowest BCUT2D eigenvalue weighted by Gasteiger charge is -2.34. The molecular formula is C24H26N4O4S2. The average Bonchev–Trinajstić information content (AvgIpc) is 3.41. The Bertz CT molecular complexity index is 1530. The lowest BCUT2D eigenvalue weighted by Crippen LogP contribution is -2.50. The number of hydrogen-bond acceptors (Lipinski definition) is 5. The van der Waals surface area contributed by atoms with Crippen LogP contribution in [0.5, 0.6) is 0 Å². The van der Waals surface area contributed by atoms with Crippen molar-refractivity contribution in [3.8, 4) is 0 Å². The molecule has 5 rings (SSSR count). The number of sulfonamides is 1. The van der Waals surface area contributed by atoms with Gasteiger partial charge in [0.2, 0.25) is 15.9 Å². The van der Waals surface area contributed by atoms with E-state index in [0.29, 0.717) is 37.2 Å². The number of amides is 1. The zero-order chi connectivity index (χ0) is 23.9. The van der Waals surface area contributed by atoms with Gasteiger partial charge in [0.25, 0.3) is 0 Å². The molecule has 3 heterocycles. The van der Waals surface area contributed by atoms with E-state index in [1.807, 2.05) is 37.4 Å². The van der Waals surface area contributed by atoms with Gasteiger partial charge in [-0.3, -0.25) is 14.2 Å². The summed E-state index contributed by atoms with van der Waals surface area (Å²) in [6.07, 6.45) is 2.98. The van der Waals surface area contributed by atoms with Crippen molar-refractivity contribution in [1.82, 2.24) is 18.8 Å². The van der Waals surface area contributed by atoms with Gasteiger partial charge in [0.05, 0.1) is 15.1 Å². The predicted molar refractivity (Wildman–Crippen MR) is 134 cm³/mol. The van der Waals surface area contributed by atoms with E-state index in [-0.39, 0.29) is 28.8 Å². The maximum atomic E-state index is 13.2. The maximum Gasteiger partial charge on any atom is 0.308 e. The van der Waals surface area contributed by atoms with E-state index in [0.717, 1.165) is 33.3 Å². The first kappa shape index (κ1) is 22.8. The molecule has 2 aromatic carbocycles. The summed E-state index contributed by atoms with van der Waals surface area (Å²) in [4.78, 5) is 30.0. The number of fused-ring (bicyclic) bond motifs is 2. The monoisotopic (exact) mass is 498 g/mol. The molecule has 0 unspecified atom stereocenters. The van der Waals surface area contributed by atoms with Gasteiger partial charge in [0.15, 0.2) is 0 Å². The maximum absolute atomic E-state index is 13.2. The molecule has 0 saturated carbocycles. The highest BCUT2D eigenvalue weighted by Crippen LogP contribution is 2.25. The lowest BCUT2D eigenvalue weighted by molar-refractivity contribution is -0.132. The Kier molecular flexibility index (Phi) is 6.05. The number of thiazole rings is 1. The number of nitrogens with zero attached hydrogens (tertiary/aromatic N) is 3. The topological polar surface area (TPSA) is 95.5 Å². The van der Waals surface area contributed by atoms with Crippen molar-refractivity contribution in [2.45, 2.75) is 31.2 Å². The Morgan fingerprint density at radius 2 is 1.85 bits per heavy atom. The summed E-state index contributed by atoms with van der Waals surface area (Å²) < 4.78 is 30.2. The third kappa shape index (κ3) is 4.06. The fourth-order valence-corrected chi connectivity index (χ4v) is 7.09. The number of aromatic nitrogens is 2. The molecule has 1 aliphatic heterocycles. The zero-order valence-corrected chi connectivity index (χ0v) is 20.5. The van der Waals surface area contributed by atoms with Crippen LogP contribution in [0.4, 0.5) is 0 Å². The van der Waals surface area contributed by atoms with E-state index in [2.05, 4.69) is 4.98 Å². The van der Waals surface area contributed by atoms with E-state index in [1.165, 1.54) is 4.31 Å². The van der Waals surface area contributed by atoms with Crippen LogP contribution in [0, 0.1) is 0 Å². The molecule has 0 aliphatic carbocycles. The number of benzene rings is 2. The molecule has 4 aromatic rings. The molecule has 0 atom stereocenters. The molecule has 0 bridgehead atoms. The van der Waals surface area contributed by atoms with Gasteiger partial charge in [0.1, 0.15) is 0 Å². The molecule has 178 valence electrons. The molecule has 1 saturated heterocycles. The Morgan fingerprint density at radius 3 is 2.62 bits per heavy atom. The minimum absolute atomic E-state index is 0.0365. The van der Waals surface area contributed by atoms with Crippen molar-refractivity contribution in [2.75, 3.05) is 26.2 Å². The smallest absolute Gasteiger partial charge is 0.308 e. The summed E-state index contributed by atoms with van der Waals surface area (Å²) in [5, 5.41) is 1.13. The number of nitrogens with one attached hydrogen (secondary N) is 1. The molecular weight excluding hydrogens is 472 g/mol. The highest BCUT2D eigenvalue weighted by Gasteiger charge is 2.30.